The molecule has 0 aliphatic rings. The smallest absolute Gasteiger partial charge is 0.0515 e. The van der Waals surface area contributed by atoms with Gasteiger partial charge in [0.15, 0.2) is 0 Å². The van der Waals surface area contributed by atoms with Crippen LogP contribution in [0.1, 0.15) is 13.8 Å². The third kappa shape index (κ3) is 8.87. The van der Waals surface area contributed by atoms with Gasteiger partial charge in [-0.15, -0.1) is 12.4 Å². The van der Waals surface area contributed by atoms with Gasteiger partial charge in [0, 0.05) is 7.11 Å². The predicted octanol–water partition coefficient (Wildman–Crippen LogP) is 1.46. The third-order valence-electron chi connectivity index (χ3n) is 0.471. The van der Waals surface area contributed by atoms with Gasteiger partial charge >= 0.3 is 0 Å². The Labute approximate surface area is 45.1 Å². The van der Waals surface area contributed by atoms with Crippen molar-refractivity contribution in [3.8, 4) is 0 Å². The molecule has 6 heavy (non-hydrogen) atoms. The molecule has 0 N–H and O–H groups in total. The first kappa shape index (κ1) is 9.54. The molecule has 0 saturated carbocycles. The van der Waals surface area contributed by atoms with Crippen molar-refractivity contribution in [2.24, 2.45) is 0 Å². The van der Waals surface area contributed by atoms with Gasteiger partial charge in [0.05, 0.1) is 6.10 Å². The maximum absolute atomic E-state index is 4.75. The van der Waals surface area contributed by atoms with Crippen LogP contribution in [0.5, 0.6) is 0 Å². The highest BCUT2D eigenvalue weighted by Gasteiger charge is 1.78. The molecule has 0 amide bonds. The lowest BCUT2D eigenvalue weighted by Gasteiger charge is -1.94. The summed E-state index contributed by atoms with van der Waals surface area (Å²) < 4.78 is 4.75. The van der Waals surface area contributed by atoms with Crippen molar-refractivity contribution in [2.45, 2.75) is 20.0 Å². The van der Waals surface area contributed by atoms with E-state index in [1.165, 1.54) is 0 Å². The average Bonchev–Trinajstić information content (AvgIpc) is 1.38. The molecule has 0 fully saturated rings. The van der Waals surface area contributed by atoms with Gasteiger partial charge in [0.2, 0.25) is 0 Å². The molecule has 0 aliphatic carbocycles. The summed E-state index contributed by atoms with van der Waals surface area (Å²) in [6.45, 7) is 4.00. The van der Waals surface area contributed by atoms with Gasteiger partial charge in [0.1, 0.15) is 0 Å². The van der Waals surface area contributed by atoms with E-state index in [2.05, 4.69) is 0 Å². The quantitative estimate of drug-likeness (QED) is 0.497. The molecule has 0 spiro atoms. The molecule has 0 heterocycles. The number of halogens is 1. The Hall–Kier alpha value is 0.250. The van der Waals surface area contributed by atoms with E-state index in [1.807, 2.05) is 13.8 Å². The number of hydrogen-bond acceptors (Lipinski definition) is 1. The Morgan fingerprint density at radius 1 is 1.33 bits per heavy atom. The Kier molecular flexibility index (Phi) is 8.35. The van der Waals surface area contributed by atoms with E-state index in [0.29, 0.717) is 6.10 Å². The summed E-state index contributed by atoms with van der Waals surface area (Å²) in [6.07, 6.45) is 0.384. The van der Waals surface area contributed by atoms with E-state index >= 15 is 0 Å². The lowest BCUT2D eigenvalue weighted by molar-refractivity contribution is 0.134. The lowest BCUT2D eigenvalue weighted by atomic mass is 10.5. The van der Waals surface area contributed by atoms with Gasteiger partial charge in [0.25, 0.3) is 0 Å². The van der Waals surface area contributed by atoms with Crippen molar-refractivity contribution < 1.29 is 4.74 Å². The molecule has 0 radical (unpaired) electrons. The van der Waals surface area contributed by atoms with E-state index in [1.54, 1.807) is 7.11 Å². The molecule has 0 aliphatic heterocycles. The average molecular weight is 111 g/mol. The predicted molar refractivity (Wildman–Crippen MR) is 29.4 cm³/mol. The monoisotopic (exact) mass is 110 g/mol. The minimum atomic E-state index is 0. The standard InChI is InChI=1S/C4H10O.ClH/c1-4(2)5-3;/h4H,1-3H3;1H. The van der Waals surface area contributed by atoms with Crippen LogP contribution in [0, 0.1) is 0 Å². The SMILES string of the molecule is COC(C)C.Cl. The second kappa shape index (κ2) is 5.25. The van der Waals surface area contributed by atoms with Crippen LogP contribution in [0.3, 0.4) is 0 Å². The van der Waals surface area contributed by atoms with Crippen LogP contribution in [0.2, 0.25) is 0 Å². The summed E-state index contributed by atoms with van der Waals surface area (Å²) >= 11 is 0. The maximum Gasteiger partial charge on any atom is 0.0515 e. The molecule has 1 nitrogen and oxygen atoms in total. The number of hydrogen-bond donors (Lipinski definition) is 0. The highest BCUT2D eigenvalue weighted by Crippen LogP contribution is 1.77. The van der Waals surface area contributed by atoms with E-state index in [-0.39, 0.29) is 12.4 Å². The molecular formula is C4H11ClO. The third-order valence-corrected chi connectivity index (χ3v) is 0.471. The molecule has 0 atom stereocenters. The molecule has 0 aromatic rings. The van der Waals surface area contributed by atoms with Crippen LogP contribution in [0.15, 0.2) is 0 Å². The zero-order valence-corrected chi connectivity index (χ0v) is 5.21. The van der Waals surface area contributed by atoms with Gasteiger partial charge in [-0.1, -0.05) is 0 Å². The second-order valence-electron chi connectivity index (χ2n) is 1.28. The summed E-state index contributed by atoms with van der Waals surface area (Å²) in [4.78, 5) is 0. The highest BCUT2D eigenvalue weighted by atomic mass is 35.5. The van der Waals surface area contributed by atoms with Gasteiger partial charge in [-0.25, -0.2) is 0 Å². The first-order valence-electron chi connectivity index (χ1n) is 1.80. The summed E-state index contributed by atoms with van der Waals surface area (Å²) in [6, 6.07) is 0. The summed E-state index contributed by atoms with van der Waals surface area (Å²) in [7, 11) is 1.70. The zero-order chi connectivity index (χ0) is 4.28. The molecular weight excluding hydrogens is 99.5 g/mol. The van der Waals surface area contributed by atoms with E-state index in [4.69, 9.17) is 4.74 Å². The fourth-order valence-electron chi connectivity index (χ4n) is 0. The highest BCUT2D eigenvalue weighted by molar-refractivity contribution is 5.85. The van der Waals surface area contributed by atoms with E-state index in [0.717, 1.165) is 0 Å². The van der Waals surface area contributed by atoms with Gasteiger partial charge < -0.3 is 4.74 Å². The molecule has 0 saturated heterocycles. The number of ether oxygens (including phenoxy) is 1. The fraction of sp³-hybridized carbons (Fsp3) is 1.00. The van der Waals surface area contributed by atoms with Crippen molar-refractivity contribution in [1.29, 1.82) is 0 Å². The molecule has 0 bridgehead atoms. The van der Waals surface area contributed by atoms with Gasteiger partial charge in [-0.2, -0.15) is 0 Å². The van der Waals surface area contributed by atoms with Crippen LogP contribution >= 0.6 is 12.4 Å². The van der Waals surface area contributed by atoms with Gasteiger partial charge in [-0.3, -0.25) is 0 Å². The Morgan fingerprint density at radius 2 is 1.50 bits per heavy atom. The Bertz CT molecular complexity index is 21.5. The second-order valence-corrected chi connectivity index (χ2v) is 1.28. The normalized spacial score (nSPS) is 8.00. The first-order valence-corrected chi connectivity index (χ1v) is 1.80. The molecule has 0 unspecified atom stereocenters. The van der Waals surface area contributed by atoms with E-state index < -0.39 is 0 Å². The summed E-state index contributed by atoms with van der Waals surface area (Å²) in [5.74, 6) is 0. The first-order chi connectivity index (χ1) is 2.27. The molecule has 0 aromatic heterocycles. The topological polar surface area (TPSA) is 9.23 Å². The fourth-order valence-corrected chi connectivity index (χ4v) is 0. The summed E-state index contributed by atoms with van der Waals surface area (Å²) in [5, 5.41) is 0. The molecule has 0 aromatic carbocycles. The van der Waals surface area contributed by atoms with Crippen molar-refractivity contribution in [1.82, 2.24) is 0 Å². The number of methoxy groups -OCH3 is 1. The number of rotatable bonds is 1. The Balaban J connectivity index is 0. The van der Waals surface area contributed by atoms with Crippen LogP contribution in [-0.4, -0.2) is 13.2 Å². The van der Waals surface area contributed by atoms with Gasteiger partial charge in [-0.05, 0) is 13.8 Å². The van der Waals surface area contributed by atoms with Crippen LogP contribution < -0.4 is 0 Å². The van der Waals surface area contributed by atoms with Crippen molar-refractivity contribution in [2.75, 3.05) is 7.11 Å². The van der Waals surface area contributed by atoms with Crippen LogP contribution in [0.4, 0.5) is 0 Å². The van der Waals surface area contributed by atoms with E-state index in [9.17, 15) is 0 Å². The molecule has 2 heteroatoms. The maximum atomic E-state index is 4.75. The Morgan fingerprint density at radius 3 is 1.50 bits per heavy atom. The molecule has 0 rings (SSSR count). The van der Waals surface area contributed by atoms with Crippen LogP contribution in [-0.2, 0) is 4.74 Å². The molecule has 40 valence electrons. The summed E-state index contributed by atoms with van der Waals surface area (Å²) in [5.41, 5.74) is 0. The largest absolute Gasteiger partial charge is 0.382 e. The zero-order valence-electron chi connectivity index (χ0n) is 4.39. The minimum absolute atomic E-state index is 0. The van der Waals surface area contributed by atoms with Crippen molar-refractivity contribution in [3.63, 3.8) is 0 Å². The van der Waals surface area contributed by atoms with Crippen molar-refractivity contribution >= 4 is 12.4 Å². The van der Waals surface area contributed by atoms with Crippen LogP contribution in [0.25, 0.3) is 0 Å². The van der Waals surface area contributed by atoms with Crippen molar-refractivity contribution in [3.05, 3.63) is 0 Å². The minimum Gasteiger partial charge on any atom is -0.382 e. The lowest BCUT2D eigenvalue weighted by Crippen LogP contribution is -1.94.